The molecule has 0 radical (unpaired) electrons. The second kappa shape index (κ2) is 12.5. The third-order valence-corrected chi connectivity index (χ3v) is 6.60. The summed E-state index contributed by atoms with van der Waals surface area (Å²) in [6.07, 6.45) is 5.68. The van der Waals surface area contributed by atoms with Gasteiger partial charge in [0.25, 0.3) is 5.56 Å². The molecule has 0 saturated carbocycles. The molecule has 0 unspecified atom stereocenters. The number of hydrogen-bond acceptors (Lipinski definition) is 6. The molecule has 0 atom stereocenters. The average molecular weight is 538 g/mol. The van der Waals surface area contributed by atoms with Gasteiger partial charge < -0.3 is 14.2 Å². The van der Waals surface area contributed by atoms with Crippen LogP contribution in [-0.4, -0.2) is 36.7 Å². The van der Waals surface area contributed by atoms with Crippen LogP contribution in [0.1, 0.15) is 42.0 Å². The van der Waals surface area contributed by atoms with Gasteiger partial charge in [-0.15, -0.1) is 6.58 Å². The van der Waals surface area contributed by atoms with Crippen molar-refractivity contribution in [3.8, 4) is 28.6 Å². The van der Waals surface area contributed by atoms with E-state index in [2.05, 4.69) is 32.1 Å². The molecule has 1 heterocycles. The van der Waals surface area contributed by atoms with Gasteiger partial charge in [0.2, 0.25) is 0 Å². The first kappa shape index (κ1) is 28.4. The Morgan fingerprint density at radius 1 is 1.02 bits per heavy atom. The molecule has 0 aliphatic rings. The van der Waals surface area contributed by atoms with E-state index in [9.17, 15) is 4.79 Å². The predicted octanol–water partition coefficient (Wildman–Crippen LogP) is 6.69. The van der Waals surface area contributed by atoms with Gasteiger partial charge in [0.15, 0.2) is 17.3 Å². The highest BCUT2D eigenvalue weighted by Gasteiger charge is 2.19. The third kappa shape index (κ3) is 5.69. The molecular formula is C33H35N3O4. The highest BCUT2D eigenvalue weighted by Crippen LogP contribution is 2.35. The van der Waals surface area contributed by atoms with Crippen LogP contribution in [0.5, 0.6) is 17.2 Å². The van der Waals surface area contributed by atoms with Crippen LogP contribution in [0.15, 0.2) is 83.7 Å². The molecule has 0 fully saturated rings. The van der Waals surface area contributed by atoms with Gasteiger partial charge in [-0.3, -0.25) is 4.79 Å². The second-order valence-corrected chi connectivity index (χ2v) is 9.68. The number of aromatic nitrogens is 2. The van der Waals surface area contributed by atoms with Crippen LogP contribution in [-0.2, 0) is 6.42 Å². The topological polar surface area (TPSA) is 74.9 Å². The summed E-state index contributed by atoms with van der Waals surface area (Å²) in [5, 5.41) is 5.16. The number of ether oxygens (including phenoxy) is 3. The van der Waals surface area contributed by atoms with Crippen molar-refractivity contribution in [3.63, 3.8) is 0 Å². The average Bonchev–Trinajstić information content (AvgIpc) is 2.95. The molecule has 0 aliphatic carbocycles. The number of allylic oxidation sites excluding steroid dienone is 1. The maximum atomic E-state index is 13.8. The van der Waals surface area contributed by atoms with Crippen LogP contribution < -0.4 is 19.8 Å². The Morgan fingerprint density at radius 2 is 1.77 bits per heavy atom. The summed E-state index contributed by atoms with van der Waals surface area (Å²) in [6, 6.07) is 15.1. The first-order valence-electron chi connectivity index (χ1n) is 13.1. The lowest BCUT2D eigenvalue weighted by molar-refractivity contribution is 0.323. The van der Waals surface area contributed by atoms with Crippen LogP contribution in [0.25, 0.3) is 22.3 Å². The lowest BCUT2D eigenvalue weighted by atomic mass is 9.96. The zero-order valence-corrected chi connectivity index (χ0v) is 23.7. The molecule has 0 amide bonds. The van der Waals surface area contributed by atoms with Gasteiger partial charge in [-0.25, -0.2) is 4.98 Å². The molecule has 7 heteroatoms. The molecule has 0 spiro atoms. The summed E-state index contributed by atoms with van der Waals surface area (Å²) in [4.78, 5) is 18.7. The van der Waals surface area contributed by atoms with E-state index < -0.39 is 0 Å². The number of para-hydroxylation sites is 1. The van der Waals surface area contributed by atoms with E-state index in [-0.39, 0.29) is 11.5 Å². The van der Waals surface area contributed by atoms with Crippen molar-refractivity contribution in [2.45, 2.75) is 33.1 Å². The van der Waals surface area contributed by atoms with Gasteiger partial charge in [-0.1, -0.05) is 44.7 Å². The Labute approximate surface area is 235 Å². The van der Waals surface area contributed by atoms with E-state index in [1.54, 1.807) is 38.7 Å². The van der Waals surface area contributed by atoms with E-state index in [1.807, 2.05) is 49.4 Å². The molecular weight excluding hydrogens is 502 g/mol. The standard InChI is InChI=1S/C33H35N3O4/c1-8-12-24-17-23(18-30(39-7)31(24)40-15-9-2)20-34-36-32(35-28-14-11-10-13-25(28)33(36)37)27-19-26(21(3)4)29(38-6)16-22(27)5/h8-11,13-14,16-21H,1-2,12,15H2,3-7H3. The van der Waals surface area contributed by atoms with Gasteiger partial charge in [0.1, 0.15) is 12.4 Å². The van der Waals surface area contributed by atoms with E-state index in [1.165, 1.54) is 4.68 Å². The number of benzene rings is 3. The summed E-state index contributed by atoms with van der Waals surface area (Å²) in [7, 11) is 3.25. The van der Waals surface area contributed by atoms with Gasteiger partial charge >= 0.3 is 0 Å². The Bertz CT molecular complexity index is 1650. The van der Waals surface area contributed by atoms with Gasteiger partial charge in [-0.05, 0) is 72.4 Å². The summed E-state index contributed by atoms with van der Waals surface area (Å²) in [5.41, 5.74) is 4.72. The van der Waals surface area contributed by atoms with E-state index in [4.69, 9.17) is 19.2 Å². The number of rotatable bonds is 11. The molecule has 0 aliphatic heterocycles. The normalized spacial score (nSPS) is 11.2. The van der Waals surface area contributed by atoms with Crippen LogP contribution in [0.2, 0.25) is 0 Å². The van der Waals surface area contributed by atoms with E-state index in [0.717, 1.165) is 33.6 Å². The maximum absolute atomic E-state index is 13.8. The Kier molecular flexibility index (Phi) is 8.84. The molecule has 7 nitrogen and oxygen atoms in total. The molecule has 4 rings (SSSR count). The summed E-state index contributed by atoms with van der Waals surface area (Å²) < 4.78 is 18.5. The number of fused-ring (bicyclic) bond motifs is 1. The Morgan fingerprint density at radius 3 is 2.45 bits per heavy atom. The Hall–Kier alpha value is -4.65. The first-order valence-corrected chi connectivity index (χ1v) is 13.1. The first-order chi connectivity index (χ1) is 19.3. The van der Waals surface area contributed by atoms with Crippen molar-refractivity contribution in [3.05, 3.63) is 106 Å². The van der Waals surface area contributed by atoms with Crippen molar-refractivity contribution in [1.29, 1.82) is 0 Å². The van der Waals surface area contributed by atoms with E-state index in [0.29, 0.717) is 41.3 Å². The molecule has 0 N–H and O–H groups in total. The number of nitrogens with zero attached hydrogens (tertiary/aromatic N) is 3. The Balaban J connectivity index is 1.94. The minimum Gasteiger partial charge on any atom is -0.496 e. The fourth-order valence-corrected chi connectivity index (χ4v) is 4.62. The zero-order valence-electron chi connectivity index (χ0n) is 23.7. The fourth-order valence-electron chi connectivity index (χ4n) is 4.62. The number of hydrogen-bond donors (Lipinski definition) is 0. The van der Waals surface area contributed by atoms with Crippen LogP contribution in [0.4, 0.5) is 0 Å². The lowest BCUT2D eigenvalue weighted by Crippen LogP contribution is -2.21. The third-order valence-electron chi connectivity index (χ3n) is 6.60. The van der Waals surface area contributed by atoms with Crippen molar-refractivity contribution in [2.24, 2.45) is 5.10 Å². The van der Waals surface area contributed by atoms with Crippen LogP contribution in [0.3, 0.4) is 0 Å². The van der Waals surface area contributed by atoms with Crippen molar-refractivity contribution in [1.82, 2.24) is 9.66 Å². The molecule has 1 aromatic heterocycles. The smallest absolute Gasteiger partial charge is 0.282 e. The van der Waals surface area contributed by atoms with Gasteiger partial charge in [0.05, 0.1) is 31.3 Å². The predicted molar refractivity (Wildman–Crippen MR) is 162 cm³/mol. The second-order valence-electron chi connectivity index (χ2n) is 9.68. The summed E-state index contributed by atoms with van der Waals surface area (Å²) >= 11 is 0. The highest BCUT2D eigenvalue weighted by atomic mass is 16.5. The maximum Gasteiger partial charge on any atom is 0.282 e. The van der Waals surface area contributed by atoms with Crippen LogP contribution >= 0.6 is 0 Å². The fraction of sp³-hybridized carbons (Fsp3) is 0.242. The summed E-state index contributed by atoms with van der Waals surface area (Å²) in [6.45, 7) is 14.1. The molecule has 40 heavy (non-hydrogen) atoms. The van der Waals surface area contributed by atoms with Gasteiger partial charge in [0, 0.05) is 11.1 Å². The van der Waals surface area contributed by atoms with Crippen molar-refractivity contribution in [2.75, 3.05) is 20.8 Å². The SMILES string of the molecule is C=CCOc1c(CC=C)cc(C=Nn2c(-c3cc(C(C)C)c(OC)cc3C)nc3ccccc3c2=O)cc1OC. The van der Waals surface area contributed by atoms with Crippen molar-refractivity contribution < 1.29 is 14.2 Å². The quantitative estimate of drug-likeness (QED) is 0.157. The molecule has 4 aromatic rings. The monoisotopic (exact) mass is 537 g/mol. The number of methoxy groups -OCH3 is 2. The van der Waals surface area contributed by atoms with Crippen molar-refractivity contribution >= 4 is 17.1 Å². The minimum atomic E-state index is -0.262. The number of aryl methyl sites for hydroxylation is 1. The largest absolute Gasteiger partial charge is 0.496 e. The zero-order chi connectivity index (χ0) is 28.8. The minimum absolute atomic E-state index is 0.205. The molecule has 206 valence electrons. The van der Waals surface area contributed by atoms with Gasteiger partial charge in [-0.2, -0.15) is 9.78 Å². The molecule has 0 bridgehead atoms. The summed E-state index contributed by atoms with van der Waals surface area (Å²) in [5.74, 6) is 2.64. The highest BCUT2D eigenvalue weighted by molar-refractivity contribution is 5.83. The van der Waals surface area contributed by atoms with Crippen LogP contribution in [0, 0.1) is 6.92 Å². The lowest BCUT2D eigenvalue weighted by Gasteiger charge is -2.17. The molecule has 3 aromatic carbocycles. The van der Waals surface area contributed by atoms with E-state index >= 15 is 0 Å². The molecule has 0 saturated heterocycles.